The summed E-state index contributed by atoms with van der Waals surface area (Å²) < 4.78 is 17.1. The van der Waals surface area contributed by atoms with Gasteiger partial charge in [0.15, 0.2) is 11.5 Å². The number of hydrogen-bond donors (Lipinski definition) is 2. The molecule has 32 heavy (non-hydrogen) atoms. The summed E-state index contributed by atoms with van der Waals surface area (Å²) in [5, 5.41) is 6.06. The van der Waals surface area contributed by atoms with Gasteiger partial charge in [-0.1, -0.05) is 36.4 Å². The lowest BCUT2D eigenvalue weighted by molar-refractivity contribution is -0.123. The number of hydrogen-bond acceptors (Lipinski definition) is 6. The van der Waals surface area contributed by atoms with Gasteiger partial charge in [-0.2, -0.15) is 0 Å². The Labute approximate surface area is 183 Å². The van der Waals surface area contributed by atoms with Crippen molar-refractivity contribution in [2.75, 3.05) is 18.7 Å². The summed E-state index contributed by atoms with van der Waals surface area (Å²) in [6.07, 6.45) is 1.61. The molecular formula is C24H19N3O5. The molecule has 0 aliphatic carbocycles. The number of carbonyl (C=O) groups is 2. The zero-order chi connectivity index (χ0) is 21.9. The molecule has 0 saturated heterocycles. The highest BCUT2D eigenvalue weighted by Crippen LogP contribution is 2.41. The van der Waals surface area contributed by atoms with Crippen molar-refractivity contribution in [2.24, 2.45) is 0 Å². The van der Waals surface area contributed by atoms with Crippen molar-refractivity contribution < 1.29 is 23.5 Å². The molecular weight excluding hydrogens is 410 g/mol. The standard InChI is InChI=1S/C24H19N3O5/c28-22(26-13-23(29)27-21-8-4-5-9-25-21)11-17-16-10-19-20(31-14-30-19)12-18(16)32-24(17)15-6-2-1-3-7-15/h1-10,12H,11,13-14H2,(H,26,28)(H,25,27,29). The number of benzene rings is 2. The summed E-state index contributed by atoms with van der Waals surface area (Å²) in [4.78, 5) is 28.9. The Morgan fingerprint density at radius 3 is 2.50 bits per heavy atom. The van der Waals surface area contributed by atoms with Gasteiger partial charge in [-0.3, -0.25) is 9.59 Å². The summed E-state index contributed by atoms with van der Waals surface area (Å²) in [5.74, 6) is 1.56. The van der Waals surface area contributed by atoms with E-state index in [0.717, 1.165) is 10.9 Å². The molecule has 1 aliphatic heterocycles. The maximum atomic E-state index is 12.7. The van der Waals surface area contributed by atoms with Gasteiger partial charge in [0.2, 0.25) is 18.6 Å². The van der Waals surface area contributed by atoms with Crippen LogP contribution in [0.1, 0.15) is 5.56 Å². The highest BCUT2D eigenvalue weighted by molar-refractivity contribution is 5.97. The van der Waals surface area contributed by atoms with Crippen LogP contribution in [-0.4, -0.2) is 30.1 Å². The number of rotatable bonds is 6. The van der Waals surface area contributed by atoms with Crippen LogP contribution in [0.2, 0.25) is 0 Å². The van der Waals surface area contributed by atoms with Crippen molar-refractivity contribution >= 4 is 28.6 Å². The molecule has 160 valence electrons. The van der Waals surface area contributed by atoms with Crippen LogP contribution in [-0.2, 0) is 16.0 Å². The minimum absolute atomic E-state index is 0.0355. The number of nitrogens with zero attached hydrogens (tertiary/aromatic N) is 1. The first-order valence-electron chi connectivity index (χ1n) is 10.1. The molecule has 2 amide bonds. The number of furan rings is 1. The van der Waals surface area contributed by atoms with Crippen LogP contribution in [0.3, 0.4) is 0 Å². The highest BCUT2D eigenvalue weighted by Gasteiger charge is 2.23. The Bertz CT molecular complexity index is 1290. The average Bonchev–Trinajstić information content (AvgIpc) is 3.41. The molecule has 0 fully saturated rings. The first-order chi connectivity index (χ1) is 15.7. The summed E-state index contributed by atoms with van der Waals surface area (Å²) in [6.45, 7) is -0.0209. The van der Waals surface area contributed by atoms with Crippen LogP contribution in [0.4, 0.5) is 5.82 Å². The largest absolute Gasteiger partial charge is 0.456 e. The Hall–Kier alpha value is -4.33. The van der Waals surface area contributed by atoms with E-state index in [9.17, 15) is 9.59 Å². The molecule has 4 aromatic rings. The molecule has 5 rings (SSSR count). The number of carbonyl (C=O) groups excluding carboxylic acids is 2. The monoisotopic (exact) mass is 429 g/mol. The second-order valence-corrected chi connectivity index (χ2v) is 7.19. The lowest BCUT2D eigenvalue weighted by atomic mass is 10.0. The number of amides is 2. The van der Waals surface area contributed by atoms with Gasteiger partial charge in [-0.15, -0.1) is 0 Å². The van der Waals surface area contributed by atoms with Crippen molar-refractivity contribution in [2.45, 2.75) is 6.42 Å². The van der Waals surface area contributed by atoms with Crippen LogP contribution in [0.15, 0.2) is 71.3 Å². The predicted molar refractivity (Wildman–Crippen MR) is 117 cm³/mol. The van der Waals surface area contributed by atoms with E-state index in [0.29, 0.717) is 34.2 Å². The Balaban J connectivity index is 1.37. The van der Waals surface area contributed by atoms with Crippen molar-refractivity contribution in [3.8, 4) is 22.8 Å². The van der Waals surface area contributed by atoms with Gasteiger partial charge in [0, 0.05) is 28.8 Å². The van der Waals surface area contributed by atoms with Gasteiger partial charge in [0.1, 0.15) is 17.2 Å². The summed E-state index contributed by atoms with van der Waals surface area (Å²) >= 11 is 0. The minimum Gasteiger partial charge on any atom is -0.456 e. The molecule has 0 spiro atoms. The second kappa shape index (κ2) is 8.43. The van der Waals surface area contributed by atoms with Gasteiger partial charge in [-0.25, -0.2) is 4.98 Å². The third-order valence-corrected chi connectivity index (χ3v) is 5.04. The van der Waals surface area contributed by atoms with Crippen molar-refractivity contribution in [1.29, 1.82) is 0 Å². The molecule has 0 saturated carbocycles. The van der Waals surface area contributed by atoms with Crippen LogP contribution in [0.25, 0.3) is 22.3 Å². The number of pyridine rings is 1. The number of fused-ring (bicyclic) bond motifs is 2. The third-order valence-electron chi connectivity index (χ3n) is 5.04. The van der Waals surface area contributed by atoms with E-state index in [2.05, 4.69) is 15.6 Å². The number of ether oxygens (including phenoxy) is 2. The second-order valence-electron chi connectivity index (χ2n) is 7.19. The number of aromatic nitrogens is 1. The topological polar surface area (TPSA) is 103 Å². The van der Waals surface area contributed by atoms with E-state index in [1.807, 2.05) is 36.4 Å². The maximum absolute atomic E-state index is 12.7. The van der Waals surface area contributed by atoms with Crippen LogP contribution < -0.4 is 20.1 Å². The zero-order valence-corrected chi connectivity index (χ0v) is 17.0. The fraction of sp³-hybridized carbons (Fsp3) is 0.125. The SMILES string of the molecule is O=C(Cc1c(-c2ccccc2)oc2cc3c(cc12)OCO3)NCC(=O)Nc1ccccn1. The Morgan fingerprint density at radius 2 is 1.72 bits per heavy atom. The predicted octanol–water partition coefficient (Wildman–Crippen LogP) is 3.52. The molecule has 8 nitrogen and oxygen atoms in total. The molecule has 0 radical (unpaired) electrons. The minimum atomic E-state index is -0.360. The van der Waals surface area contributed by atoms with E-state index in [-0.39, 0.29) is 31.6 Å². The van der Waals surface area contributed by atoms with Gasteiger partial charge < -0.3 is 24.5 Å². The van der Waals surface area contributed by atoms with Gasteiger partial charge in [0.05, 0.1) is 13.0 Å². The van der Waals surface area contributed by atoms with Crippen LogP contribution in [0, 0.1) is 0 Å². The molecule has 2 aromatic heterocycles. The fourth-order valence-corrected chi connectivity index (χ4v) is 3.56. The molecule has 0 bridgehead atoms. The van der Waals surface area contributed by atoms with E-state index in [1.54, 1.807) is 30.5 Å². The van der Waals surface area contributed by atoms with Crippen molar-refractivity contribution in [3.63, 3.8) is 0 Å². The summed E-state index contributed by atoms with van der Waals surface area (Å²) in [7, 11) is 0. The maximum Gasteiger partial charge on any atom is 0.244 e. The van der Waals surface area contributed by atoms with Gasteiger partial charge in [-0.05, 0) is 18.2 Å². The van der Waals surface area contributed by atoms with Crippen LogP contribution in [0.5, 0.6) is 11.5 Å². The van der Waals surface area contributed by atoms with Crippen molar-refractivity contribution in [1.82, 2.24) is 10.3 Å². The zero-order valence-electron chi connectivity index (χ0n) is 17.0. The summed E-state index contributed by atoms with van der Waals surface area (Å²) in [5.41, 5.74) is 2.16. The van der Waals surface area contributed by atoms with E-state index in [1.165, 1.54) is 0 Å². The third kappa shape index (κ3) is 3.98. The molecule has 1 aliphatic rings. The number of nitrogens with one attached hydrogen (secondary N) is 2. The molecule has 0 atom stereocenters. The number of anilines is 1. The van der Waals surface area contributed by atoms with Crippen LogP contribution >= 0.6 is 0 Å². The smallest absolute Gasteiger partial charge is 0.244 e. The Morgan fingerprint density at radius 1 is 0.938 bits per heavy atom. The van der Waals surface area contributed by atoms with Crippen molar-refractivity contribution in [3.05, 3.63) is 72.4 Å². The normalized spacial score (nSPS) is 12.0. The molecule has 8 heteroatoms. The van der Waals surface area contributed by atoms with E-state index < -0.39 is 0 Å². The highest BCUT2D eigenvalue weighted by atomic mass is 16.7. The molecule has 2 N–H and O–H groups in total. The molecule has 0 unspecified atom stereocenters. The van der Waals surface area contributed by atoms with E-state index >= 15 is 0 Å². The van der Waals surface area contributed by atoms with E-state index in [4.69, 9.17) is 13.9 Å². The first-order valence-corrected chi connectivity index (χ1v) is 10.1. The van der Waals surface area contributed by atoms with Gasteiger partial charge in [0.25, 0.3) is 0 Å². The summed E-state index contributed by atoms with van der Waals surface area (Å²) in [6, 6.07) is 18.3. The lowest BCUT2D eigenvalue weighted by Gasteiger charge is -2.07. The molecule has 3 heterocycles. The Kier molecular flexibility index (Phi) is 5.17. The molecule has 2 aromatic carbocycles. The van der Waals surface area contributed by atoms with Gasteiger partial charge >= 0.3 is 0 Å². The lowest BCUT2D eigenvalue weighted by Crippen LogP contribution is -2.34. The average molecular weight is 429 g/mol. The quantitative estimate of drug-likeness (QED) is 0.486. The first kappa shape index (κ1) is 19.6. The fourth-order valence-electron chi connectivity index (χ4n) is 3.56.